The molecule has 1 heterocycles. The summed E-state index contributed by atoms with van der Waals surface area (Å²) in [5.41, 5.74) is 2.77. The van der Waals surface area contributed by atoms with Gasteiger partial charge in [-0.15, -0.1) is 0 Å². The second kappa shape index (κ2) is 6.56. The maximum Gasteiger partial charge on any atom is 0.270 e. The maximum atomic E-state index is 12.7. The largest absolute Gasteiger partial charge is 0.497 e. The van der Waals surface area contributed by atoms with Crippen LogP contribution in [-0.2, 0) is 4.79 Å². The Hall–Kier alpha value is -2.11. The van der Waals surface area contributed by atoms with Crippen LogP contribution in [0.15, 0.2) is 53.4 Å². The fourth-order valence-electron chi connectivity index (χ4n) is 2.37. The van der Waals surface area contributed by atoms with Gasteiger partial charge in [0.2, 0.25) is 0 Å². The summed E-state index contributed by atoms with van der Waals surface area (Å²) in [7, 11) is 1.62. The molecule has 0 atom stereocenters. The number of thiocarbonyl (C=S) groups is 1. The molecule has 0 aromatic heterocycles. The molecule has 1 aliphatic heterocycles. The van der Waals surface area contributed by atoms with Gasteiger partial charge < -0.3 is 4.74 Å². The smallest absolute Gasteiger partial charge is 0.270 e. The molecule has 2 aromatic rings. The first-order valence-electron chi connectivity index (χ1n) is 7.08. The van der Waals surface area contributed by atoms with E-state index in [9.17, 15) is 4.79 Å². The predicted octanol–water partition coefficient (Wildman–Crippen LogP) is 4.41. The molecule has 1 fully saturated rings. The van der Waals surface area contributed by atoms with Crippen LogP contribution in [0.4, 0.5) is 5.69 Å². The maximum absolute atomic E-state index is 12.7. The lowest BCUT2D eigenvalue weighted by atomic mass is 10.1. The van der Waals surface area contributed by atoms with Gasteiger partial charge in [0, 0.05) is 0 Å². The number of thioether (sulfide) groups is 1. The highest BCUT2D eigenvalue weighted by Crippen LogP contribution is 2.37. The fourth-order valence-corrected chi connectivity index (χ4v) is 3.66. The van der Waals surface area contributed by atoms with Crippen molar-refractivity contribution in [2.45, 2.75) is 6.92 Å². The van der Waals surface area contributed by atoms with Gasteiger partial charge in [-0.05, 0) is 42.3 Å². The van der Waals surface area contributed by atoms with Crippen molar-refractivity contribution in [1.82, 2.24) is 0 Å². The zero-order chi connectivity index (χ0) is 16.4. The predicted molar refractivity (Wildman–Crippen MR) is 99.8 cm³/mol. The second-order valence-electron chi connectivity index (χ2n) is 5.08. The fraction of sp³-hybridized carbons (Fsp3) is 0.111. The van der Waals surface area contributed by atoms with Crippen LogP contribution in [0.1, 0.15) is 11.1 Å². The molecule has 116 valence electrons. The Morgan fingerprint density at radius 3 is 2.70 bits per heavy atom. The minimum atomic E-state index is -0.0860. The van der Waals surface area contributed by atoms with Crippen LogP contribution < -0.4 is 9.64 Å². The van der Waals surface area contributed by atoms with Crippen molar-refractivity contribution in [1.29, 1.82) is 0 Å². The molecular weight excluding hydrogens is 326 g/mol. The quantitative estimate of drug-likeness (QED) is 0.611. The molecule has 5 heteroatoms. The molecule has 0 spiro atoms. The lowest BCUT2D eigenvalue weighted by Gasteiger charge is -2.16. The first-order chi connectivity index (χ1) is 11.1. The Labute approximate surface area is 144 Å². The normalized spacial score (nSPS) is 16.3. The number of methoxy groups -OCH3 is 1. The van der Waals surface area contributed by atoms with Crippen molar-refractivity contribution in [2.75, 3.05) is 12.0 Å². The second-order valence-corrected chi connectivity index (χ2v) is 6.76. The van der Waals surface area contributed by atoms with E-state index in [0.29, 0.717) is 9.23 Å². The molecule has 1 saturated heterocycles. The minimum absolute atomic E-state index is 0.0860. The summed E-state index contributed by atoms with van der Waals surface area (Å²) in [6.07, 6.45) is 1.85. The number of carbonyl (C=O) groups is 1. The Morgan fingerprint density at radius 2 is 1.96 bits per heavy atom. The van der Waals surface area contributed by atoms with Crippen LogP contribution in [0, 0.1) is 6.92 Å². The molecule has 0 N–H and O–H groups in total. The molecule has 0 unspecified atom stereocenters. The van der Waals surface area contributed by atoms with Gasteiger partial charge >= 0.3 is 0 Å². The van der Waals surface area contributed by atoms with Crippen LogP contribution in [0.5, 0.6) is 5.75 Å². The number of anilines is 1. The number of amides is 1. The number of hydrogen-bond donors (Lipinski definition) is 0. The Bertz CT molecular complexity index is 814. The van der Waals surface area contributed by atoms with Crippen molar-refractivity contribution in [3.63, 3.8) is 0 Å². The summed E-state index contributed by atoms with van der Waals surface area (Å²) in [5, 5.41) is 0. The molecular formula is C18H15NO2S2. The third kappa shape index (κ3) is 3.16. The standard InChI is InChI=1S/C18H15NO2S2/c1-12-6-3-4-9-15(12)19-17(20)16(23-18(19)22)11-13-7-5-8-14(10-13)21-2/h3-11H,1-2H3/b16-11+. The van der Waals surface area contributed by atoms with Gasteiger partial charge in [0.15, 0.2) is 4.32 Å². The minimum Gasteiger partial charge on any atom is -0.497 e. The van der Waals surface area contributed by atoms with Crippen LogP contribution in [-0.4, -0.2) is 17.3 Å². The Morgan fingerprint density at radius 1 is 1.17 bits per heavy atom. The van der Waals surface area contributed by atoms with E-state index in [-0.39, 0.29) is 5.91 Å². The zero-order valence-corrected chi connectivity index (χ0v) is 14.4. The zero-order valence-electron chi connectivity index (χ0n) is 12.8. The first-order valence-corrected chi connectivity index (χ1v) is 8.30. The molecule has 0 saturated carbocycles. The van der Waals surface area contributed by atoms with Crippen LogP contribution >= 0.6 is 24.0 Å². The number of aryl methyl sites for hydroxylation is 1. The van der Waals surface area contributed by atoms with Crippen molar-refractivity contribution < 1.29 is 9.53 Å². The number of para-hydroxylation sites is 1. The van der Waals surface area contributed by atoms with Crippen LogP contribution in [0.3, 0.4) is 0 Å². The summed E-state index contributed by atoms with van der Waals surface area (Å²) in [6.45, 7) is 1.97. The molecule has 1 amide bonds. The molecule has 0 radical (unpaired) electrons. The molecule has 0 bridgehead atoms. The van der Waals surface area contributed by atoms with Gasteiger partial charge in [-0.3, -0.25) is 9.69 Å². The monoisotopic (exact) mass is 341 g/mol. The summed E-state index contributed by atoms with van der Waals surface area (Å²) in [4.78, 5) is 15.0. The number of hydrogen-bond acceptors (Lipinski definition) is 4. The van der Waals surface area contributed by atoms with E-state index in [1.54, 1.807) is 12.0 Å². The third-order valence-electron chi connectivity index (χ3n) is 3.54. The lowest BCUT2D eigenvalue weighted by Crippen LogP contribution is -2.28. The van der Waals surface area contributed by atoms with Gasteiger partial charge in [0.05, 0.1) is 17.7 Å². The van der Waals surface area contributed by atoms with Crippen LogP contribution in [0.2, 0.25) is 0 Å². The van der Waals surface area contributed by atoms with Gasteiger partial charge in [0.25, 0.3) is 5.91 Å². The number of carbonyl (C=O) groups excluding carboxylic acids is 1. The average molecular weight is 341 g/mol. The first kappa shape index (κ1) is 15.8. The van der Waals surface area contributed by atoms with E-state index in [1.807, 2.05) is 61.5 Å². The van der Waals surface area contributed by atoms with Gasteiger partial charge in [-0.2, -0.15) is 0 Å². The molecule has 3 nitrogen and oxygen atoms in total. The highest BCUT2D eigenvalue weighted by Gasteiger charge is 2.33. The Kier molecular flexibility index (Phi) is 4.50. The Balaban J connectivity index is 1.95. The summed E-state index contributed by atoms with van der Waals surface area (Å²) in [6, 6.07) is 15.3. The molecule has 23 heavy (non-hydrogen) atoms. The molecule has 2 aromatic carbocycles. The van der Waals surface area contributed by atoms with Crippen molar-refractivity contribution in [2.24, 2.45) is 0 Å². The summed E-state index contributed by atoms with van der Waals surface area (Å²) < 4.78 is 5.77. The van der Waals surface area contributed by atoms with Crippen molar-refractivity contribution in [3.05, 3.63) is 64.6 Å². The highest BCUT2D eigenvalue weighted by molar-refractivity contribution is 8.27. The van der Waals surface area contributed by atoms with E-state index in [4.69, 9.17) is 17.0 Å². The van der Waals surface area contributed by atoms with Gasteiger partial charge in [0.1, 0.15) is 5.75 Å². The molecule has 3 rings (SSSR count). The van der Waals surface area contributed by atoms with E-state index < -0.39 is 0 Å². The molecule has 0 aliphatic carbocycles. The number of rotatable bonds is 3. The van der Waals surface area contributed by atoms with Gasteiger partial charge in [-0.1, -0.05) is 54.3 Å². The number of nitrogens with zero attached hydrogens (tertiary/aromatic N) is 1. The summed E-state index contributed by atoms with van der Waals surface area (Å²) >= 11 is 6.73. The lowest BCUT2D eigenvalue weighted by molar-refractivity contribution is -0.113. The molecule has 1 aliphatic rings. The van der Waals surface area contributed by atoms with Gasteiger partial charge in [-0.25, -0.2) is 0 Å². The van der Waals surface area contributed by atoms with Crippen molar-refractivity contribution >= 4 is 46.0 Å². The van der Waals surface area contributed by atoms with Crippen molar-refractivity contribution in [3.8, 4) is 5.75 Å². The third-order valence-corrected chi connectivity index (χ3v) is 4.84. The van der Waals surface area contributed by atoms with E-state index in [2.05, 4.69) is 0 Å². The van der Waals surface area contributed by atoms with E-state index >= 15 is 0 Å². The SMILES string of the molecule is COc1cccc(/C=C2/SC(=S)N(c3ccccc3C)C2=O)c1. The van der Waals surface area contributed by atoms with E-state index in [1.165, 1.54) is 11.8 Å². The topological polar surface area (TPSA) is 29.5 Å². The van der Waals surface area contributed by atoms with Crippen LogP contribution in [0.25, 0.3) is 6.08 Å². The van der Waals surface area contributed by atoms with E-state index in [0.717, 1.165) is 22.6 Å². The average Bonchev–Trinajstić information content (AvgIpc) is 2.82. The number of ether oxygens (including phenoxy) is 1. The summed E-state index contributed by atoms with van der Waals surface area (Å²) in [5.74, 6) is 0.672. The number of benzene rings is 2. The highest BCUT2D eigenvalue weighted by atomic mass is 32.2.